The summed E-state index contributed by atoms with van der Waals surface area (Å²) in [4.78, 5) is 0. The average Bonchev–Trinajstić information content (AvgIpc) is 2.17. The van der Waals surface area contributed by atoms with Gasteiger partial charge in [0.05, 0.1) is 7.11 Å². The van der Waals surface area contributed by atoms with E-state index in [1.165, 1.54) is 13.2 Å². The molecule has 0 aromatic heterocycles. The first-order chi connectivity index (χ1) is 6.60. The molecule has 0 radical (unpaired) electrons. The molecule has 0 amide bonds. The van der Waals surface area contributed by atoms with E-state index in [9.17, 15) is 9.50 Å². The number of aromatic hydroxyl groups is 1. The smallest absolute Gasteiger partial charge is 0.161 e. The minimum Gasteiger partial charge on any atom is -0.504 e. The molecule has 0 aliphatic rings. The van der Waals surface area contributed by atoms with Gasteiger partial charge >= 0.3 is 0 Å². The lowest BCUT2D eigenvalue weighted by atomic mass is 10.1. The Kier molecular flexibility index (Phi) is 3.27. The van der Waals surface area contributed by atoms with Gasteiger partial charge in [-0.15, -0.1) is 0 Å². The Morgan fingerprint density at radius 3 is 2.71 bits per heavy atom. The molecule has 0 aliphatic heterocycles. The second-order valence-electron chi connectivity index (χ2n) is 2.89. The highest BCUT2D eigenvalue weighted by atomic mass is 19.1. The van der Waals surface area contributed by atoms with Gasteiger partial charge in [-0.25, -0.2) is 4.39 Å². The number of methoxy groups -OCH3 is 1. The largest absolute Gasteiger partial charge is 0.504 e. The normalized spacial score (nSPS) is 12.6. The van der Waals surface area contributed by atoms with Gasteiger partial charge in [0.1, 0.15) is 5.82 Å². The number of rotatable bonds is 3. The summed E-state index contributed by atoms with van der Waals surface area (Å²) in [5.41, 5.74) is 11.1. The van der Waals surface area contributed by atoms with Crippen LogP contribution in [0.25, 0.3) is 0 Å². The molecule has 0 spiro atoms. The van der Waals surface area contributed by atoms with Crippen molar-refractivity contribution in [1.29, 1.82) is 0 Å². The second kappa shape index (κ2) is 4.26. The summed E-state index contributed by atoms with van der Waals surface area (Å²) >= 11 is 0. The van der Waals surface area contributed by atoms with E-state index in [0.717, 1.165) is 6.07 Å². The van der Waals surface area contributed by atoms with E-state index >= 15 is 0 Å². The van der Waals surface area contributed by atoms with Crippen molar-refractivity contribution in [2.24, 2.45) is 11.5 Å². The van der Waals surface area contributed by atoms with Crippen molar-refractivity contribution in [3.05, 3.63) is 23.5 Å². The fraction of sp³-hybridized carbons (Fsp3) is 0.333. The highest BCUT2D eigenvalue weighted by Crippen LogP contribution is 2.30. The SMILES string of the molecule is COc1cc([C@@H](N)CN)c(F)cc1O. The maximum absolute atomic E-state index is 13.3. The van der Waals surface area contributed by atoms with E-state index in [4.69, 9.17) is 16.2 Å². The van der Waals surface area contributed by atoms with Crippen molar-refractivity contribution in [3.63, 3.8) is 0 Å². The predicted molar refractivity (Wildman–Crippen MR) is 50.6 cm³/mol. The third-order valence-electron chi connectivity index (χ3n) is 1.95. The highest BCUT2D eigenvalue weighted by Gasteiger charge is 2.14. The van der Waals surface area contributed by atoms with Gasteiger partial charge in [-0.05, 0) is 6.07 Å². The molecule has 0 unspecified atom stereocenters. The number of hydrogen-bond donors (Lipinski definition) is 3. The molecule has 0 heterocycles. The van der Waals surface area contributed by atoms with Gasteiger partial charge in [0.2, 0.25) is 0 Å². The standard InChI is InChI=1S/C9H13FN2O2/c1-14-9-2-5(7(12)4-11)6(10)3-8(9)13/h2-3,7,13H,4,11-12H2,1H3/t7-/m0/s1. The number of phenols is 1. The van der Waals surface area contributed by atoms with Crippen LogP contribution in [0.4, 0.5) is 4.39 Å². The van der Waals surface area contributed by atoms with Crippen LogP contribution in [0.1, 0.15) is 11.6 Å². The van der Waals surface area contributed by atoms with E-state index in [0.29, 0.717) is 0 Å². The van der Waals surface area contributed by atoms with Crippen LogP contribution in [-0.2, 0) is 0 Å². The Balaban J connectivity index is 3.17. The Morgan fingerprint density at radius 2 is 2.21 bits per heavy atom. The molecule has 0 saturated carbocycles. The molecule has 0 aliphatic carbocycles. The third-order valence-corrected chi connectivity index (χ3v) is 1.95. The summed E-state index contributed by atoms with van der Waals surface area (Å²) in [5, 5.41) is 9.23. The van der Waals surface area contributed by atoms with E-state index < -0.39 is 11.9 Å². The van der Waals surface area contributed by atoms with Crippen LogP contribution in [0, 0.1) is 5.82 Å². The number of hydrogen-bond acceptors (Lipinski definition) is 4. The topological polar surface area (TPSA) is 81.5 Å². The Morgan fingerprint density at radius 1 is 1.57 bits per heavy atom. The van der Waals surface area contributed by atoms with Crippen molar-refractivity contribution in [2.45, 2.75) is 6.04 Å². The predicted octanol–water partition coefficient (Wildman–Crippen LogP) is 0.498. The molecule has 0 fully saturated rings. The van der Waals surface area contributed by atoms with Crippen molar-refractivity contribution in [3.8, 4) is 11.5 Å². The maximum atomic E-state index is 13.3. The first-order valence-electron chi connectivity index (χ1n) is 4.12. The van der Waals surface area contributed by atoms with Crippen LogP contribution in [-0.4, -0.2) is 18.8 Å². The van der Waals surface area contributed by atoms with Crippen LogP contribution in [0.2, 0.25) is 0 Å². The lowest BCUT2D eigenvalue weighted by Crippen LogP contribution is -2.21. The van der Waals surface area contributed by atoms with E-state index in [1.807, 2.05) is 0 Å². The highest BCUT2D eigenvalue weighted by molar-refractivity contribution is 5.43. The lowest BCUT2D eigenvalue weighted by Gasteiger charge is -2.12. The van der Waals surface area contributed by atoms with Crippen LogP contribution in [0.3, 0.4) is 0 Å². The summed E-state index contributed by atoms with van der Waals surface area (Å²) in [6.45, 7) is 0.130. The minimum atomic E-state index is -0.593. The van der Waals surface area contributed by atoms with Gasteiger partial charge in [-0.1, -0.05) is 0 Å². The molecule has 14 heavy (non-hydrogen) atoms. The van der Waals surface area contributed by atoms with E-state index in [2.05, 4.69) is 0 Å². The zero-order valence-electron chi connectivity index (χ0n) is 7.83. The number of halogens is 1. The van der Waals surface area contributed by atoms with Crippen LogP contribution in [0.5, 0.6) is 11.5 Å². The number of nitrogens with two attached hydrogens (primary N) is 2. The first kappa shape index (κ1) is 10.7. The molecule has 4 nitrogen and oxygen atoms in total. The molecule has 0 saturated heterocycles. The molecule has 78 valence electrons. The number of benzene rings is 1. The minimum absolute atomic E-state index is 0.130. The maximum Gasteiger partial charge on any atom is 0.161 e. The van der Waals surface area contributed by atoms with Gasteiger partial charge in [0, 0.05) is 24.2 Å². The molecule has 5 heteroatoms. The Hall–Kier alpha value is -1.33. The monoisotopic (exact) mass is 200 g/mol. The van der Waals surface area contributed by atoms with Crippen LogP contribution < -0.4 is 16.2 Å². The molecule has 1 aromatic carbocycles. The van der Waals surface area contributed by atoms with Crippen LogP contribution in [0.15, 0.2) is 12.1 Å². The van der Waals surface area contributed by atoms with Crippen LogP contribution >= 0.6 is 0 Å². The van der Waals surface area contributed by atoms with Crippen molar-refractivity contribution < 1.29 is 14.2 Å². The fourth-order valence-electron chi connectivity index (χ4n) is 1.13. The Bertz CT molecular complexity index is 331. The van der Waals surface area contributed by atoms with Crippen molar-refractivity contribution in [2.75, 3.05) is 13.7 Å². The molecular weight excluding hydrogens is 187 g/mol. The van der Waals surface area contributed by atoms with E-state index in [-0.39, 0.29) is 23.6 Å². The van der Waals surface area contributed by atoms with Gasteiger partial charge in [0.25, 0.3) is 0 Å². The number of ether oxygens (including phenoxy) is 1. The fourth-order valence-corrected chi connectivity index (χ4v) is 1.13. The molecule has 1 rings (SSSR count). The Labute approximate surface area is 81.3 Å². The quantitative estimate of drug-likeness (QED) is 0.663. The molecule has 5 N–H and O–H groups in total. The molecule has 0 bridgehead atoms. The first-order valence-corrected chi connectivity index (χ1v) is 4.12. The van der Waals surface area contributed by atoms with Gasteiger partial charge in [0.15, 0.2) is 11.5 Å². The van der Waals surface area contributed by atoms with E-state index in [1.54, 1.807) is 0 Å². The molecular formula is C9H13FN2O2. The number of phenolic OH excluding ortho intramolecular Hbond substituents is 1. The zero-order chi connectivity index (χ0) is 10.7. The summed E-state index contributed by atoms with van der Waals surface area (Å²) in [6.07, 6.45) is 0. The molecule has 1 aromatic rings. The zero-order valence-corrected chi connectivity index (χ0v) is 7.83. The average molecular weight is 200 g/mol. The van der Waals surface area contributed by atoms with Gasteiger partial charge in [-0.3, -0.25) is 0 Å². The van der Waals surface area contributed by atoms with Crippen molar-refractivity contribution >= 4 is 0 Å². The van der Waals surface area contributed by atoms with Gasteiger partial charge < -0.3 is 21.3 Å². The lowest BCUT2D eigenvalue weighted by molar-refractivity contribution is 0.369. The third kappa shape index (κ3) is 1.94. The second-order valence-corrected chi connectivity index (χ2v) is 2.89. The summed E-state index contributed by atoms with van der Waals surface area (Å²) in [6, 6.07) is 1.72. The summed E-state index contributed by atoms with van der Waals surface area (Å²) < 4.78 is 18.1. The molecule has 1 atom stereocenters. The van der Waals surface area contributed by atoms with Crippen molar-refractivity contribution in [1.82, 2.24) is 0 Å². The summed E-state index contributed by atoms with van der Waals surface area (Å²) in [7, 11) is 1.38. The van der Waals surface area contributed by atoms with Gasteiger partial charge in [-0.2, -0.15) is 0 Å². The summed E-state index contributed by atoms with van der Waals surface area (Å²) in [5.74, 6) is -0.649.